The molecule has 2 fully saturated rings. The van der Waals surface area contributed by atoms with E-state index in [0.717, 1.165) is 64.0 Å². The van der Waals surface area contributed by atoms with Crippen molar-refractivity contribution in [2.24, 2.45) is 0 Å². The average Bonchev–Trinajstić information content (AvgIpc) is 2.61. The highest BCUT2D eigenvalue weighted by molar-refractivity contribution is 5.36. The van der Waals surface area contributed by atoms with Gasteiger partial charge in [-0.15, -0.1) is 0 Å². The van der Waals surface area contributed by atoms with Crippen molar-refractivity contribution in [2.75, 3.05) is 39.8 Å². The third kappa shape index (κ3) is 3.97. The lowest BCUT2D eigenvalue weighted by atomic mass is 9.72. The molecule has 0 amide bonds. The Balaban J connectivity index is 1.84. The van der Waals surface area contributed by atoms with Crippen molar-refractivity contribution in [3.8, 4) is 6.07 Å². The minimum absolute atomic E-state index is 0.0921. The van der Waals surface area contributed by atoms with Crippen LogP contribution >= 0.6 is 0 Å². The lowest BCUT2D eigenvalue weighted by molar-refractivity contribution is -0.0337. The maximum atomic E-state index is 11.4. The fourth-order valence-electron chi connectivity index (χ4n) is 4.21. The molecule has 2 aliphatic rings. The summed E-state index contributed by atoms with van der Waals surface area (Å²) >= 11 is 0. The molecule has 4 heteroatoms. The summed E-state index contributed by atoms with van der Waals surface area (Å²) in [5.74, 6) is 0.0921. The molecule has 1 saturated carbocycles. The molecule has 1 heterocycles. The van der Waals surface area contributed by atoms with Gasteiger partial charge >= 0.3 is 0 Å². The summed E-state index contributed by atoms with van der Waals surface area (Å²) in [4.78, 5) is 4.84. The van der Waals surface area contributed by atoms with Crippen molar-refractivity contribution in [2.45, 2.75) is 43.6 Å². The Kier molecular flexibility index (Phi) is 5.55. The Morgan fingerprint density at radius 1 is 1.17 bits per heavy atom. The highest BCUT2D eigenvalue weighted by atomic mass is 16.3. The van der Waals surface area contributed by atoms with E-state index in [2.05, 4.69) is 29.0 Å². The molecule has 1 N–H and O–H groups in total. The Morgan fingerprint density at radius 3 is 2.54 bits per heavy atom. The van der Waals surface area contributed by atoms with Crippen LogP contribution in [0.3, 0.4) is 0 Å². The summed E-state index contributed by atoms with van der Waals surface area (Å²) in [5, 5.41) is 20.7. The highest BCUT2D eigenvalue weighted by Gasteiger charge is 2.39. The van der Waals surface area contributed by atoms with Gasteiger partial charge in [-0.05, 0) is 37.6 Å². The number of aliphatic hydroxyl groups is 1. The van der Waals surface area contributed by atoms with Gasteiger partial charge in [0.15, 0.2) is 0 Å². The Hall–Kier alpha value is -1.41. The molecule has 1 saturated heterocycles. The van der Waals surface area contributed by atoms with E-state index >= 15 is 0 Å². The predicted molar refractivity (Wildman–Crippen MR) is 95.9 cm³/mol. The molecule has 0 spiro atoms. The monoisotopic (exact) mass is 327 g/mol. The lowest BCUT2D eigenvalue weighted by Gasteiger charge is -2.43. The molecule has 1 atom stereocenters. The Morgan fingerprint density at radius 2 is 1.88 bits per heavy atom. The minimum Gasteiger partial charge on any atom is -0.389 e. The molecule has 1 aliphatic heterocycles. The van der Waals surface area contributed by atoms with E-state index in [1.165, 1.54) is 6.42 Å². The van der Waals surface area contributed by atoms with Crippen LogP contribution in [0.2, 0.25) is 0 Å². The zero-order valence-electron chi connectivity index (χ0n) is 14.7. The van der Waals surface area contributed by atoms with Crippen molar-refractivity contribution in [1.29, 1.82) is 5.26 Å². The SMILES string of the molecule is CN1CCN(CC(c2cccc(C#N)c2)C2(O)CCCCC2)CC1. The van der Waals surface area contributed by atoms with Crippen LogP contribution in [-0.4, -0.2) is 60.3 Å². The van der Waals surface area contributed by atoms with Crippen molar-refractivity contribution in [3.63, 3.8) is 0 Å². The van der Waals surface area contributed by atoms with E-state index in [9.17, 15) is 10.4 Å². The van der Waals surface area contributed by atoms with Crippen molar-refractivity contribution >= 4 is 0 Å². The normalized spacial score (nSPS) is 23.5. The second-order valence-corrected chi connectivity index (χ2v) is 7.56. The smallest absolute Gasteiger partial charge is 0.0991 e. The lowest BCUT2D eigenvalue weighted by Crippen LogP contribution is -2.50. The van der Waals surface area contributed by atoms with E-state index in [0.29, 0.717) is 5.56 Å². The summed E-state index contributed by atoms with van der Waals surface area (Å²) in [5.41, 5.74) is 1.18. The number of nitriles is 1. The minimum atomic E-state index is -0.629. The Labute approximate surface area is 145 Å². The average molecular weight is 327 g/mol. The van der Waals surface area contributed by atoms with Gasteiger partial charge in [-0.1, -0.05) is 31.4 Å². The van der Waals surface area contributed by atoms with E-state index in [1.807, 2.05) is 18.2 Å². The third-order valence-corrected chi connectivity index (χ3v) is 5.82. The first kappa shape index (κ1) is 17.4. The predicted octanol–water partition coefficient (Wildman–Crippen LogP) is 2.58. The number of likely N-dealkylation sites (N-methyl/N-ethyl adjacent to an activating group) is 1. The third-order valence-electron chi connectivity index (χ3n) is 5.82. The molecule has 1 aromatic carbocycles. The molecule has 1 aromatic rings. The molecule has 4 nitrogen and oxygen atoms in total. The molecular weight excluding hydrogens is 298 g/mol. The summed E-state index contributed by atoms with van der Waals surface area (Å²) in [6, 6.07) is 10.1. The van der Waals surface area contributed by atoms with E-state index in [1.54, 1.807) is 0 Å². The van der Waals surface area contributed by atoms with Crippen molar-refractivity contribution in [1.82, 2.24) is 9.80 Å². The van der Waals surface area contributed by atoms with E-state index in [4.69, 9.17) is 0 Å². The largest absolute Gasteiger partial charge is 0.389 e. The van der Waals surface area contributed by atoms with Crippen LogP contribution < -0.4 is 0 Å². The summed E-state index contributed by atoms with van der Waals surface area (Å²) < 4.78 is 0. The van der Waals surface area contributed by atoms with Gasteiger partial charge in [0.25, 0.3) is 0 Å². The second kappa shape index (κ2) is 7.65. The molecule has 0 aromatic heterocycles. The molecule has 1 aliphatic carbocycles. The van der Waals surface area contributed by atoms with Gasteiger partial charge in [-0.2, -0.15) is 5.26 Å². The fraction of sp³-hybridized carbons (Fsp3) is 0.650. The number of hydrogen-bond donors (Lipinski definition) is 1. The van der Waals surface area contributed by atoms with Gasteiger partial charge in [0.05, 0.1) is 17.2 Å². The van der Waals surface area contributed by atoms with Crippen LogP contribution in [0.1, 0.15) is 49.1 Å². The highest BCUT2D eigenvalue weighted by Crippen LogP contribution is 2.40. The van der Waals surface area contributed by atoms with Gasteiger partial charge in [0, 0.05) is 38.6 Å². The number of rotatable bonds is 4. The Bertz CT molecular complexity index is 581. The molecule has 130 valence electrons. The standard InChI is InChI=1S/C20H29N3O/c1-22-10-12-23(13-11-22)16-19(20(24)8-3-2-4-9-20)18-7-5-6-17(14-18)15-21/h5-7,14,19,24H,2-4,8-13,16H2,1H3. The van der Waals surface area contributed by atoms with Crippen molar-refractivity contribution < 1.29 is 5.11 Å². The van der Waals surface area contributed by atoms with Gasteiger partial charge in [-0.3, -0.25) is 0 Å². The van der Waals surface area contributed by atoms with E-state index < -0.39 is 5.60 Å². The second-order valence-electron chi connectivity index (χ2n) is 7.56. The maximum Gasteiger partial charge on any atom is 0.0991 e. The van der Waals surface area contributed by atoms with Gasteiger partial charge in [0.2, 0.25) is 0 Å². The van der Waals surface area contributed by atoms with Gasteiger partial charge in [0.1, 0.15) is 0 Å². The zero-order chi connectivity index (χ0) is 17.0. The number of piperazine rings is 1. The van der Waals surface area contributed by atoms with Gasteiger partial charge < -0.3 is 14.9 Å². The maximum absolute atomic E-state index is 11.4. The van der Waals surface area contributed by atoms with Crippen LogP contribution in [0.4, 0.5) is 0 Å². The number of nitrogens with zero attached hydrogens (tertiary/aromatic N) is 3. The summed E-state index contributed by atoms with van der Waals surface area (Å²) in [6.07, 6.45) is 5.19. The van der Waals surface area contributed by atoms with Gasteiger partial charge in [-0.25, -0.2) is 0 Å². The zero-order valence-corrected chi connectivity index (χ0v) is 14.7. The van der Waals surface area contributed by atoms with Crippen LogP contribution in [0, 0.1) is 11.3 Å². The topological polar surface area (TPSA) is 50.5 Å². The molecule has 0 radical (unpaired) electrons. The van der Waals surface area contributed by atoms with Crippen LogP contribution in [0.25, 0.3) is 0 Å². The summed E-state index contributed by atoms with van der Waals surface area (Å²) in [7, 11) is 2.17. The van der Waals surface area contributed by atoms with Crippen LogP contribution in [0.15, 0.2) is 24.3 Å². The van der Waals surface area contributed by atoms with E-state index in [-0.39, 0.29) is 5.92 Å². The first-order chi connectivity index (χ1) is 11.6. The first-order valence-electron chi connectivity index (χ1n) is 9.24. The number of hydrogen-bond acceptors (Lipinski definition) is 4. The molecule has 3 rings (SSSR count). The van der Waals surface area contributed by atoms with Crippen molar-refractivity contribution in [3.05, 3.63) is 35.4 Å². The quantitative estimate of drug-likeness (QED) is 0.923. The van der Waals surface area contributed by atoms with Crippen LogP contribution in [-0.2, 0) is 0 Å². The molecule has 24 heavy (non-hydrogen) atoms. The molecule has 0 bridgehead atoms. The van der Waals surface area contributed by atoms with Crippen LogP contribution in [0.5, 0.6) is 0 Å². The number of benzene rings is 1. The fourth-order valence-corrected chi connectivity index (χ4v) is 4.21. The first-order valence-corrected chi connectivity index (χ1v) is 9.24. The summed E-state index contributed by atoms with van der Waals surface area (Å²) in [6.45, 7) is 5.17. The molecular formula is C20H29N3O. The molecule has 1 unspecified atom stereocenters.